The Morgan fingerprint density at radius 3 is 2.32 bits per heavy atom. The second kappa shape index (κ2) is 8.11. The lowest BCUT2D eigenvalue weighted by molar-refractivity contribution is -0.127. The van der Waals surface area contributed by atoms with Gasteiger partial charge in [0.05, 0.1) is 12.2 Å². The van der Waals surface area contributed by atoms with Crippen LogP contribution < -0.4 is 10.1 Å². The molecule has 1 aromatic heterocycles. The molecule has 25 heavy (non-hydrogen) atoms. The molecular formula is C21H20N2O2. The Morgan fingerprint density at radius 2 is 1.64 bits per heavy atom. The van der Waals surface area contributed by atoms with E-state index in [1.807, 2.05) is 60.7 Å². The SMILES string of the molecule is C[C@@H](Oc1ccc(-c2ccccc2)cc1)C(=O)NCc1ccccn1. The topological polar surface area (TPSA) is 51.2 Å². The molecule has 0 unspecified atom stereocenters. The molecule has 1 N–H and O–H groups in total. The van der Waals surface area contributed by atoms with Crippen molar-refractivity contribution in [3.63, 3.8) is 0 Å². The largest absolute Gasteiger partial charge is 0.481 e. The minimum absolute atomic E-state index is 0.169. The van der Waals surface area contributed by atoms with E-state index >= 15 is 0 Å². The van der Waals surface area contributed by atoms with E-state index in [0.29, 0.717) is 12.3 Å². The summed E-state index contributed by atoms with van der Waals surface area (Å²) in [6.45, 7) is 2.12. The molecule has 1 atom stereocenters. The highest BCUT2D eigenvalue weighted by molar-refractivity contribution is 5.80. The molecule has 1 amide bonds. The molecule has 0 spiro atoms. The highest BCUT2D eigenvalue weighted by Gasteiger charge is 2.14. The van der Waals surface area contributed by atoms with Crippen LogP contribution in [0, 0.1) is 0 Å². The third-order valence-corrected chi connectivity index (χ3v) is 3.81. The summed E-state index contributed by atoms with van der Waals surface area (Å²) in [5.41, 5.74) is 3.07. The van der Waals surface area contributed by atoms with E-state index in [1.165, 1.54) is 0 Å². The number of nitrogens with zero attached hydrogens (tertiary/aromatic N) is 1. The first-order chi connectivity index (χ1) is 12.2. The van der Waals surface area contributed by atoms with E-state index in [2.05, 4.69) is 22.4 Å². The molecule has 1 heterocycles. The monoisotopic (exact) mass is 332 g/mol. The highest BCUT2D eigenvalue weighted by atomic mass is 16.5. The van der Waals surface area contributed by atoms with Gasteiger partial charge in [-0.3, -0.25) is 9.78 Å². The molecule has 0 saturated carbocycles. The first-order valence-electron chi connectivity index (χ1n) is 8.22. The molecule has 0 bridgehead atoms. The number of hydrogen-bond donors (Lipinski definition) is 1. The number of ether oxygens (including phenoxy) is 1. The number of pyridine rings is 1. The third-order valence-electron chi connectivity index (χ3n) is 3.81. The van der Waals surface area contributed by atoms with Gasteiger partial charge in [-0.25, -0.2) is 0 Å². The lowest BCUT2D eigenvalue weighted by atomic mass is 10.1. The Labute approximate surface area is 147 Å². The van der Waals surface area contributed by atoms with Gasteiger partial charge in [-0.05, 0) is 42.3 Å². The zero-order valence-electron chi connectivity index (χ0n) is 14.1. The summed E-state index contributed by atoms with van der Waals surface area (Å²) in [4.78, 5) is 16.3. The Balaban J connectivity index is 1.55. The Hall–Kier alpha value is -3.14. The van der Waals surface area contributed by atoms with Crippen LogP contribution >= 0.6 is 0 Å². The Kier molecular flexibility index (Phi) is 5.42. The second-order valence-corrected chi connectivity index (χ2v) is 5.69. The van der Waals surface area contributed by atoms with E-state index in [-0.39, 0.29) is 5.91 Å². The molecule has 126 valence electrons. The maximum Gasteiger partial charge on any atom is 0.261 e. The minimum Gasteiger partial charge on any atom is -0.481 e. The fourth-order valence-corrected chi connectivity index (χ4v) is 2.44. The number of rotatable bonds is 6. The zero-order chi connectivity index (χ0) is 17.5. The second-order valence-electron chi connectivity index (χ2n) is 5.69. The molecule has 0 fully saturated rings. The zero-order valence-corrected chi connectivity index (χ0v) is 14.1. The van der Waals surface area contributed by atoms with E-state index in [1.54, 1.807) is 13.1 Å². The predicted octanol–water partition coefficient (Wildman–Crippen LogP) is 3.83. The van der Waals surface area contributed by atoms with Crippen molar-refractivity contribution in [3.8, 4) is 16.9 Å². The molecule has 0 aliphatic heterocycles. The van der Waals surface area contributed by atoms with Crippen molar-refractivity contribution in [3.05, 3.63) is 84.7 Å². The number of nitrogens with one attached hydrogen (secondary N) is 1. The maximum atomic E-state index is 12.1. The van der Waals surface area contributed by atoms with Crippen LogP contribution in [0.25, 0.3) is 11.1 Å². The summed E-state index contributed by atoms with van der Waals surface area (Å²) in [6.07, 6.45) is 1.13. The molecule has 0 aliphatic carbocycles. The van der Waals surface area contributed by atoms with Crippen molar-refractivity contribution in [2.24, 2.45) is 0 Å². The van der Waals surface area contributed by atoms with Crippen LogP contribution in [-0.4, -0.2) is 17.0 Å². The molecule has 0 radical (unpaired) electrons. The van der Waals surface area contributed by atoms with Crippen molar-refractivity contribution in [2.45, 2.75) is 19.6 Å². The summed E-state index contributed by atoms with van der Waals surface area (Å²) in [5.74, 6) is 0.498. The summed E-state index contributed by atoms with van der Waals surface area (Å²) < 4.78 is 5.72. The van der Waals surface area contributed by atoms with Crippen molar-refractivity contribution in [2.75, 3.05) is 0 Å². The van der Waals surface area contributed by atoms with Crippen LogP contribution in [0.4, 0.5) is 0 Å². The average Bonchev–Trinajstić information content (AvgIpc) is 2.68. The van der Waals surface area contributed by atoms with Crippen molar-refractivity contribution in [1.82, 2.24) is 10.3 Å². The maximum absolute atomic E-state index is 12.1. The van der Waals surface area contributed by atoms with E-state index in [9.17, 15) is 4.79 Å². The van der Waals surface area contributed by atoms with E-state index in [4.69, 9.17) is 4.74 Å². The molecule has 4 nitrogen and oxygen atoms in total. The number of amides is 1. The molecule has 4 heteroatoms. The first kappa shape index (κ1) is 16.7. The fourth-order valence-electron chi connectivity index (χ4n) is 2.44. The molecule has 3 aromatic rings. The lowest BCUT2D eigenvalue weighted by Crippen LogP contribution is -2.36. The average molecular weight is 332 g/mol. The summed E-state index contributed by atoms with van der Waals surface area (Å²) in [5, 5.41) is 2.83. The van der Waals surface area contributed by atoms with Crippen LogP contribution in [0.2, 0.25) is 0 Å². The van der Waals surface area contributed by atoms with Gasteiger partial charge in [-0.15, -0.1) is 0 Å². The van der Waals surface area contributed by atoms with Crippen LogP contribution in [-0.2, 0) is 11.3 Å². The van der Waals surface area contributed by atoms with Crippen molar-refractivity contribution >= 4 is 5.91 Å². The molecule has 2 aromatic carbocycles. The van der Waals surface area contributed by atoms with Crippen LogP contribution in [0.15, 0.2) is 79.0 Å². The standard InChI is InChI=1S/C21H20N2O2/c1-16(21(24)23-15-19-9-5-6-14-22-19)25-20-12-10-18(11-13-20)17-7-3-2-4-8-17/h2-14,16H,15H2,1H3,(H,23,24)/t16-/m1/s1. The summed E-state index contributed by atoms with van der Waals surface area (Å²) in [7, 11) is 0. The summed E-state index contributed by atoms with van der Waals surface area (Å²) in [6, 6.07) is 23.5. The van der Waals surface area contributed by atoms with Crippen molar-refractivity contribution < 1.29 is 9.53 Å². The molecule has 0 aliphatic rings. The molecule has 3 rings (SSSR count). The van der Waals surface area contributed by atoms with Gasteiger partial charge in [-0.2, -0.15) is 0 Å². The lowest BCUT2D eigenvalue weighted by Gasteiger charge is -2.15. The van der Waals surface area contributed by atoms with Gasteiger partial charge >= 0.3 is 0 Å². The highest BCUT2D eigenvalue weighted by Crippen LogP contribution is 2.22. The van der Waals surface area contributed by atoms with Gasteiger partial charge in [0.15, 0.2) is 6.10 Å². The van der Waals surface area contributed by atoms with E-state index in [0.717, 1.165) is 16.8 Å². The minimum atomic E-state index is -0.578. The van der Waals surface area contributed by atoms with Crippen LogP contribution in [0.5, 0.6) is 5.75 Å². The summed E-state index contributed by atoms with van der Waals surface area (Å²) >= 11 is 0. The number of aromatic nitrogens is 1. The van der Waals surface area contributed by atoms with Crippen LogP contribution in [0.1, 0.15) is 12.6 Å². The van der Waals surface area contributed by atoms with Gasteiger partial charge in [0.1, 0.15) is 5.75 Å². The first-order valence-corrected chi connectivity index (χ1v) is 8.22. The molecule has 0 saturated heterocycles. The van der Waals surface area contributed by atoms with Gasteiger partial charge in [0, 0.05) is 6.20 Å². The number of carbonyl (C=O) groups excluding carboxylic acids is 1. The fraction of sp³-hybridized carbons (Fsp3) is 0.143. The quantitative estimate of drug-likeness (QED) is 0.746. The molecular weight excluding hydrogens is 312 g/mol. The van der Waals surface area contributed by atoms with Gasteiger partial charge < -0.3 is 10.1 Å². The van der Waals surface area contributed by atoms with Gasteiger partial charge in [0.25, 0.3) is 5.91 Å². The normalized spacial score (nSPS) is 11.6. The van der Waals surface area contributed by atoms with Crippen LogP contribution in [0.3, 0.4) is 0 Å². The Morgan fingerprint density at radius 1 is 0.960 bits per heavy atom. The number of benzene rings is 2. The smallest absolute Gasteiger partial charge is 0.261 e. The Bertz CT molecular complexity index is 802. The number of carbonyl (C=O) groups is 1. The third kappa shape index (κ3) is 4.67. The van der Waals surface area contributed by atoms with Gasteiger partial charge in [0.2, 0.25) is 0 Å². The van der Waals surface area contributed by atoms with Crippen molar-refractivity contribution in [1.29, 1.82) is 0 Å². The van der Waals surface area contributed by atoms with Gasteiger partial charge in [-0.1, -0.05) is 48.5 Å². The predicted molar refractivity (Wildman–Crippen MR) is 98.1 cm³/mol. The number of hydrogen-bond acceptors (Lipinski definition) is 3. The van der Waals surface area contributed by atoms with E-state index < -0.39 is 6.10 Å².